The molecule has 5 nitrogen and oxygen atoms in total. The highest BCUT2D eigenvalue weighted by Crippen LogP contribution is 2.22. The fourth-order valence-electron chi connectivity index (χ4n) is 1.88. The van der Waals surface area contributed by atoms with Crippen molar-refractivity contribution in [1.82, 2.24) is 14.4 Å². The molecule has 2 aromatic heterocycles. The third-order valence-corrected chi connectivity index (χ3v) is 2.86. The van der Waals surface area contributed by atoms with Crippen LogP contribution in [0.2, 0.25) is 0 Å². The lowest BCUT2D eigenvalue weighted by atomic mass is 10.3. The van der Waals surface area contributed by atoms with E-state index in [9.17, 15) is 13.2 Å². The lowest BCUT2D eigenvalue weighted by Gasteiger charge is -2.11. The Morgan fingerprint density at radius 1 is 1.24 bits per heavy atom. The maximum absolute atomic E-state index is 12.1. The number of hydrogen-bond donors (Lipinski definition) is 2. The molecule has 0 aliphatic heterocycles. The Hall–Kier alpha value is -1.99. The molecule has 0 bridgehead atoms. The summed E-state index contributed by atoms with van der Waals surface area (Å²) in [4.78, 5) is 8.51. The summed E-state index contributed by atoms with van der Waals surface area (Å²) in [6.07, 6.45) is 1.23. The van der Waals surface area contributed by atoms with Gasteiger partial charge in [0.15, 0.2) is 11.5 Å². The molecule has 2 heterocycles. The lowest BCUT2D eigenvalue weighted by Crippen LogP contribution is -2.13. The number of imidazole rings is 1. The number of halogens is 3. The molecule has 0 amide bonds. The molecule has 0 saturated heterocycles. The summed E-state index contributed by atoms with van der Waals surface area (Å²) in [6, 6.07) is 0. The van der Waals surface area contributed by atoms with Gasteiger partial charge in [-0.1, -0.05) is 6.92 Å². The number of aromatic nitrogens is 3. The molecule has 0 unspecified atom stereocenters. The molecule has 8 heteroatoms. The second-order valence-electron chi connectivity index (χ2n) is 4.71. The zero-order valence-electron chi connectivity index (χ0n) is 11.7. The van der Waals surface area contributed by atoms with Crippen LogP contribution in [0.15, 0.2) is 18.6 Å². The van der Waals surface area contributed by atoms with Crippen molar-refractivity contribution in [3.05, 3.63) is 18.6 Å². The Bertz CT molecular complexity index is 579. The van der Waals surface area contributed by atoms with Crippen LogP contribution in [-0.2, 0) is 0 Å². The fraction of sp³-hybridized carbons (Fsp3) is 0.538. The number of nitrogens with zero attached hydrogens (tertiary/aromatic N) is 3. The van der Waals surface area contributed by atoms with E-state index in [-0.39, 0.29) is 13.0 Å². The van der Waals surface area contributed by atoms with Gasteiger partial charge in [-0.15, -0.1) is 0 Å². The molecule has 116 valence electrons. The van der Waals surface area contributed by atoms with Crippen molar-refractivity contribution in [3.8, 4) is 0 Å². The van der Waals surface area contributed by atoms with Crippen LogP contribution in [0.25, 0.3) is 5.65 Å². The van der Waals surface area contributed by atoms with Crippen LogP contribution >= 0.6 is 0 Å². The molecule has 0 spiro atoms. The molecular formula is C13H18F3N5. The minimum Gasteiger partial charge on any atom is -0.369 e. The van der Waals surface area contributed by atoms with E-state index in [4.69, 9.17) is 0 Å². The predicted octanol–water partition coefficient (Wildman–Crippen LogP) is 3.31. The minimum atomic E-state index is -4.12. The van der Waals surface area contributed by atoms with Gasteiger partial charge in [-0.2, -0.15) is 13.2 Å². The largest absolute Gasteiger partial charge is 0.389 e. The second-order valence-corrected chi connectivity index (χ2v) is 4.71. The van der Waals surface area contributed by atoms with Gasteiger partial charge in [0.2, 0.25) is 0 Å². The van der Waals surface area contributed by atoms with E-state index in [0.717, 1.165) is 13.0 Å². The molecule has 0 atom stereocenters. The molecule has 2 N–H and O–H groups in total. The van der Waals surface area contributed by atoms with E-state index in [2.05, 4.69) is 20.6 Å². The summed E-state index contributed by atoms with van der Waals surface area (Å²) in [5.74, 6) is 1.16. The molecule has 0 saturated carbocycles. The van der Waals surface area contributed by atoms with E-state index < -0.39 is 12.6 Å². The minimum absolute atomic E-state index is 0.00463. The summed E-state index contributed by atoms with van der Waals surface area (Å²) >= 11 is 0. The molecule has 2 aromatic rings. The third kappa shape index (κ3) is 4.51. The maximum atomic E-state index is 12.1. The highest BCUT2D eigenvalue weighted by atomic mass is 19.4. The van der Waals surface area contributed by atoms with Crippen molar-refractivity contribution in [2.24, 2.45) is 0 Å². The summed E-state index contributed by atoms with van der Waals surface area (Å²) in [5, 5.41) is 6.08. The first kappa shape index (κ1) is 15.4. The number of anilines is 2. The van der Waals surface area contributed by atoms with Crippen molar-refractivity contribution >= 4 is 17.3 Å². The molecule has 0 aliphatic rings. The van der Waals surface area contributed by atoms with Gasteiger partial charge in [0.05, 0.1) is 6.20 Å². The smallest absolute Gasteiger partial charge is 0.369 e. The van der Waals surface area contributed by atoms with Crippen molar-refractivity contribution in [3.63, 3.8) is 0 Å². The summed E-state index contributed by atoms with van der Waals surface area (Å²) < 4.78 is 38.1. The topological polar surface area (TPSA) is 54.2 Å². The van der Waals surface area contributed by atoms with Crippen LogP contribution < -0.4 is 10.6 Å². The first-order valence-corrected chi connectivity index (χ1v) is 6.88. The Labute approximate surface area is 120 Å². The molecule has 2 rings (SSSR count). The van der Waals surface area contributed by atoms with Gasteiger partial charge >= 0.3 is 6.18 Å². The van der Waals surface area contributed by atoms with Gasteiger partial charge < -0.3 is 15.0 Å². The van der Waals surface area contributed by atoms with Crippen molar-refractivity contribution in [1.29, 1.82) is 0 Å². The van der Waals surface area contributed by atoms with Crippen LogP contribution in [0.4, 0.5) is 24.8 Å². The van der Waals surface area contributed by atoms with E-state index in [1.807, 2.05) is 6.92 Å². The van der Waals surface area contributed by atoms with Crippen LogP contribution in [0.1, 0.15) is 26.2 Å². The molecule has 0 aliphatic carbocycles. The fourth-order valence-corrected chi connectivity index (χ4v) is 1.88. The molecule has 0 fully saturated rings. The second kappa shape index (κ2) is 6.64. The number of fused-ring (bicyclic) bond motifs is 1. The summed E-state index contributed by atoms with van der Waals surface area (Å²) in [6.45, 7) is 3.02. The Morgan fingerprint density at radius 3 is 2.76 bits per heavy atom. The lowest BCUT2D eigenvalue weighted by molar-refractivity contribution is -0.134. The van der Waals surface area contributed by atoms with E-state index in [1.165, 1.54) is 0 Å². The van der Waals surface area contributed by atoms with Gasteiger partial charge in [0.1, 0.15) is 5.82 Å². The highest BCUT2D eigenvalue weighted by Gasteiger charge is 2.25. The van der Waals surface area contributed by atoms with Crippen LogP contribution in [-0.4, -0.2) is 33.6 Å². The van der Waals surface area contributed by atoms with Crippen LogP contribution in [0.3, 0.4) is 0 Å². The number of hydrogen-bond acceptors (Lipinski definition) is 4. The molecular weight excluding hydrogens is 283 g/mol. The van der Waals surface area contributed by atoms with Gasteiger partial charge in [-0.3, -0.25) is 0 Å². The van der Waals surface area contributed by atoms with Gasteiger partial charge in [0, 0.05) is 31.9 Å². The number of alkyl halides is 3. The molecule has 21 heavy (non-hydrogen) atoms. The summed E-state index contributed by atoms with van der Waals surface area (Å²) in [7, 11) is 0. The van der Waals surface area contributed by atoms with E-state index >= 15 is 0 Å². The third-order valence-electron chi connectivity index (χ3n) is 2.86. The summed E-state index contributed by atoms with van der Waals surface area (Å²) in [5.41, 5.74) is 0.601. The maximum Gasteiger partial charge on any atom is 0.389 e. The number of nitrogens with one attached hydrogen (secondary N) is 2. The monoisotopic (exact) mass is 301 g/mol. The van der Waals surface area contributed by atoms with E-state index in [0.29, 0.717) is 17.3 Å². The van der Waals surface area contributed by atoms with Gasteiger partial charge in [-0.05, 0) is 12.8 Å². The first-order chi connectivity index (χ1) is 9.99. The van der Waals surface area contributed by atoms with Crippen LogP contribution in [0.5, 0.6) is 0 Å². The van der Waals surface area contributed by atoms with Gasteiger partial charge in [-0.25, -0.2) is 9.97 Å². The Balaban J connectivity index is 2.04. The SMILES string of the molecule is CCCNc1cn2ccnc2c(NCCCC(F)(F)F)n1. The van der Waals surface area contributed by atoms with Gasteiger partial charge in [0.25, 0.3) is 0 Å². The normalized spacial score (nSPS) is 11.8. The highest BCUT2D eigenvalue weighted by molar-refractivity contribution is 5.65. The van der Waals surface area contributed by atoms with E-state index in [1.54, 1.807) is 23.0 Å². The zero-order valence-corrected chi connectivity index (χ0v) is 11.7. The Morgan fingerprint density at radius 2 is 2.05 bits per heavy atom. The standard InChI is InChI=1S/C13H18F3N5/c1-2-5-17-10-9-21-8-7-19-12(21)11(20-10)18-6-3-4-13(14,15)16/h7-9,17H,2-6H2,1H3,(H,18,20). The average Bonchev–Trinajstić information content (AvgIpc) is 2.88. The zero-order chi connectivity index (χ0) is 15.3. The van der Waals surface area contributed by atoms with Crippen LogP contribution in [0, 0.1) is 0 Å². The average molecular weight is 301 g/mol. The first-order valence-electron chi connectivity index (χ1n) is 6.88. The van der Waals surface area contributed by atoms with Crippen molar-refractivity contribution < 1.29 is 13.2 Å². The quantitative estimate of drug-likeness (QED) is 0.770. The predicted molar refractivity (Wildman–Crippen MR) is 75.5 cm³/mol. The number of rotatable bonds is 7. The Kier molecular flexibility index (Phi) is 4.87. The molecule has 0 radical (unpaired) electrons. The molecule has 0 aromatic carbocycles. The van der Waals surface area contributed by atoms with Crippen molar-refractivity contribution in [2.75, 3.05) is 23.7 Å². The van der Waals surface area contributed by atoms with Crippen molar-refractivity contribution in [2.45, 2.75) is 32.4 Å².